The van der Waals surface area contributed by atoms with Gasteiger partial charge in [-0.05, 0) is 19.3 Å². The molecule has 0 amide bonds. The lowest BCUT2D eigenvalue weighted by atomic mass is 10.0. The Kier molecular flexibility index (Phi) is 21.9. The standard InChI is InChI=1S/C25H51FO3S/c1-2-3-4-5-6-7-8-9-10-11-12-13-14-16-19-22-25(30(27,28)29)23-20-17-15-18-21-24-26/h25H,2-24H2,1H3,(H,27,28,29). The van der Waals surface area contributed by atoms with Crippen LogP contribution in [0.3, 0.4) is 0 Å². The van der Waals surface area contributed by atoms with Crippen LogP contribution in [0.25, 0.3) is 0 Å². The first-order valence-corrected chi connectivity index (χ1v) is 14.5. The molecule has 0 rings (SSSR count). The van der Waals surface area contributed by atoms with Crippen LogP contribution in [0, 0.1) is 0 Å². The van der Waals surface area contributed by atoms with E-state index in [1.807, 2.05) is 0 Å². The summed E-state index contributed by atoms with van der Waals surface area (Å²) in [4.78, 5) is 0. The third-order valence-corrected chi connectivity index (χ3v) is 7.52. The Morgan fingerprint density at radius 2 is 0.867 bits per heavy atom. The summed E-state index contributed by atoms with van der Waals surface area (Å²) < 4.78 is 44.7. The Bertz CT molecular complexity index is 440. The average molecular weight is 451 g/mol. The van der Waals surface area contributed by atoms with E-state index in [-0.39, 0.29) is 6.67 Å². The predicted octanol–water partition coefficient (Wildman–Crippen LogP) is 8.81. The van der Waals surface area contributed by atoms with Gasteiger partial charge in [0.15, 0.2) is 0 Å². The molecule has 0 aliphatic carbocycles. The maximum Gasteiger partial charge on any atom is 0.267 e. The van der Waals surface area contributed by atoms with Crippen molar-refractivity contribution in [2.24, 2.45) is 0 Å². The van der Waals surface area contributed by atoms with Crippen LogP contribution < -0.4 is 0 Å². The molecule has 3 nitrogen and oxygen atoms in total. The molecule has 0 aliphatic heterocycles. The van der Waals surface area contributed by atoms with Gasteiger partial charge in [-0.2, -0.15) is 8.42 Å². The van der Waals surface area contributed by atoms with Crippen molar-refractivity contribution in [2.75, 3.05) is 6.67 Å². The molecule has 0 bridgehead atoms. The molecular formula is C25H51FO3S. The SMILES string of the molecule is CCCCCCCCCCCCCCCCCC(CCCCCCCF)S(=O)(=O)O. The van der Waals surface area contributed by atoms with Crippen molar-refractivity contribution in [3.8, 4) is 0 Å². The fourth-order valence-electron chi connectivity index (χ4n) is 4.18. The van der Waals surface area contributed by atoms with E-state index in [0.717, 1.165) is 38.5 Å². The lowest BCUT2D eigenvalue weighted by molar-refractivity contribution is 0.435. The van der Waals surface area contributed by atoms with Gasteiger partial charge in [-0.25, -0.2) is 0 Å². The largest absolute Gasteiger partial charge is 0.285 e. The summed E-state index contributed by atoms with van der Waals surface area (Å²) in [5, 5.41) is -0.611. The summed E-state index contributed by atoms with van der Waals surface area (Å²) >= 11 is 0. The third kappa shape index (κ3) is 21.1. The van der Waals surface area contributed by atoms with Gasteiger partial charge in [0.05, 0.1) is 11.9 Å². The first-order chi connectivity index (χ1) is 14.5. The van der Waals surface area contributed by atoms with Crippen LogP contribution in [0.5, 0.6) is 0 Å². The molecule has 0 aromatic carbocycles. The molecule has 0 saturated carbocycles. The second kappa shape index (κ2) is 22.0. The molecule has 0 aliphatic rings. The van der Waals surface area contributed by atoms with Crippen molar-refractivity contribution in [2.45, 2.75) is 153 Å². The number of hydrogen-bond donors (Lipinski definition) is 1. The zero-order chi connectivity index (χ0) is 22.3. The van der Waals surface area contributed by atoms with Crippen LogP contribution >= 0.6 is 0 Å². The molecule has 1 atom stereocenters. The lowest BCUT2D eigenvalue weighted by Crippen LogP contribution is -2.20. The Morgan fingerprint density at radius 1 is 0.567 bits per heavy atom. The lowest BCUT2D eigenvalue weighted by Gasteiger charge is -2.13. The molecule has 1 N–H and O–H groups in total. The minimum absolute atomic E-state index is 0.271. The molecule has 0 saturated heterocycles. The third-order valence-electron chi connectivity index (χ3n) is 6.21. The molecule has 30 heavy (non-hydrogen) atoms. The Balaban J connectivity index is 3.51. The molecule has 0 aromatic heterocycles. The zero-order valence-electron chi connectivity index (χ0n) is 19.9. The van der Waals surface area contributed by atoms with Crippen molar-refractivity contribution in [1.29, 1.82) is 0 Å². The Labute approximate surface area is 187 Å². The van der Waals surface area contributed by atoms with Crippen LogP contribution in [-0.4, -0.2) is 24.9 Å². The molecule has 0 spiro atoms. The van der Waals surface area contributed by atoms with E-state index in [1.165, 1.54) is 83.5 Å². The van der Waals surface area contributed by atoms with E-state index in [9.17, 15) is 17.4 Å². The number of unbranched alkanes of at least 4 members (excludes halogenated alkanes) is 18. The van der Waals surface area contributed by atoms with Gasteiger partial charge < -0.3 is 0 Å². The van der Waals surface area contributed by atoms with Gasteiger partial charge in [0, 0.05) is 0 Å². The minimum atomic E-state index is -3.94. The van der Waals surface area contributed by atoms with Crippen molar-refractivity contribution >= 4 is 10.1 Å². The van der Waals surface area contributed by atoms with Crippen molar-refractivity contribution < 1.29 is 17.4 Å². The van der Waals surface area contributed by atoms with E-state index in [4.69, 9.17) is 0 Å². The fourth-order valence-corrected chi connectivity index (χ4v) is 5.11. The van der Waals surface area contributed by atoms with Gasteiger partial charge in [-0.3, -0.25) is 8.94 Å². The second-order valence-corrected chi connectivity index (χ2v) is 10.8. The van der Waals surface area contributed by atoms with Crippen molar-refractivity contribution in [3.05, 3.63) is 0 Å². The van der Waals surface area contributed by atoms with Gasteiger partial charge in [-0.15, -0.1) is 0 Å². The molecule has 0 fully saturated rings. The summed E-state index contributed by atoms with van der Waals surface area (Å²) in [6.07, 6.45) is 24.6. The highest BCUT2D eigenvalue weighted by atomic mass is 32.2. The topological polar surface area (TPSA) is 54.4 Å². The number of hydrogen-bond acceptors (Lipinski definition) is 2. The highest BCUT2D eigenvalue weighted by molar-refractivity contribution is 7.86. The summed E-state index contributed by atoms with van der Waals surface area (Å²) in [6.45, 7) is 1.99. The van der Waals surface area contributed by atoms with E-state index in [0.29, 0.717) is 19.3 Å². The number of alkyl halides is 1. The van der Waals surface area contributed by atoms with Crippen molar-refractivity contribution in [3.63, 3.8) is 0 Å². The van der Waals surface area contributed by atoms with E-state index in [1.54, 1.807) is 0 Å². The van der Waals surface area contributed by atoms with Gasteiger partial charge >= 0.3 is 0 Å². The molecule has 5 heteroatoms. The minimum Gasteiger partial charge on any atom is -0.285 e. The van der Waals surface area contributed by atoms with Gasteiger partial charge in [0.2, 0.25) is 0 Å². The summed E-state index contributed by atoms with van der Waals surface area (Å²) in [7, 11) is -3.94. The predicted molar refractivity (Wildman–Crippen MR) is 129 cm³/mol. The van der Waals surface area contributed by atoms with E-state index >= 15 is 0 Å². The fraction of sp³-hybridized carbons (Fsp3) is 1.00. The number of rotatable bonds is 24. The maximum absolute atomic E-state index is 12.1. The quantitative estimate of drug-likeness (QED) is 0.118. The maximum atomic E-state index is 12.1. The molecule has 1 unspecified atom stereocenters. The normalized spacial score (nSPS) is 13.0. The molecule has 0 heterocycles. The molecule has 0 radical (unpaired) electrons. The zero-order valence-corrected chi connectivity index (χ0v) is 20.7. The molecule has 182 valence electrons. The monoisotopic (exact) mass is 450 g/mol. The summed E-state index contributed by atoms with van der Waals surface area (Å²) in [5.41, 5.74) is 0. The summed E-state index contributed by atoms with van der Waals surface area (Å²) in [5.74, 6) is 0. The first kappa shape index (κ1) is 29.8. The smallest absolute Gasteiger partial charge is 0.267 e. The van der Waals surface area contributed by atoms with Gasteiger partial charge in [0.1, 0.15) is 0 Å². The van der Waals surface area contributed by atoms with Crippen LogP contribution in [-0.2, 0) is 10.1 Å². The Hall–Kier alpha value is -0.160. The summed E-state index contributed by atoms with van der Waals surface area (Å²) in [6, 6.07) is 0. The highest BCUT2D eigenvalue weighted by Gasteiger charge is 2.21. The molecule has 0 aromatic rings. The van der Waals surface area contributed by atoms with Crippen LogP contribution in [0.15, 0.2) is 0 Å². The Morgan fingerprint density at radius 3 is 1.17 bits per heavy atom. The van der Waals surface area contributed by atoms with Crippen molar-refractivity contribution in [1.82, 2.24) is 0 Å². The van der Waals surface area contributed by atoms with Crippen LogP contribution in [0.4, 0.5) is 4.39 Å². The van der Waals surface area contributed by atoms with Gasteiger partial charge in [0.25, 0.3) is 10.1 Å². The molecular weight excluding hydrogens is 399 g/mol. The van der Waals surface area contributed by atoms with Gasteiger partial charge in [-0.1, -0.05) is 129 Å². The number of halogens is 1. The first-order valence-electron chi connectivity index (χ1n) is 13.0. The second-order valence-electron chi connectivity index (χ2n) is 9.12. The van der Waals surface area contributed by atoms with E-state index < -0.39 is 15.4 Å². The average Bonchev–Trinajstić information content (AvgIpc) is 2.70. The van der Waals surface area contributed by atoms with E-state index in [2.05, 4.69) is 6.92 Å². The highest BCUT2D eigenvalue weighted by Crippen LogP contribution is 2.19. The van der Waals surface area contributed by atoms with Crippen LogP contribution in [0.2, 0.25) is 0 Å². The van der Waals surface area contributed by atoms with Crippen LogP contribution in [0.1, 0.15) is 148 Å².